The van der Waals surface area contributed by atoms with Crippen molar-refractivity contribution in [2.24, 2.45) is 0 Å². The van der Waals surface area contributed by atoms with Gasteiger partial charge in [-0.05, 0) is 19.1 Å². The van der Waals surface area contributed by atoms with Gasteiger partial charge < -0.3 is 9.47 Å². The predicted octanol–water partition coefficient (Wildman–Crippen LogP) is 1.60. The van der Waals surface area contributed by atoms with E-state index in [2.05, 4.69) is 4.74 Å². The van der Waals surface area contributed by atoms with E-state index in [0.717, 1.165) is 0 Å². The van der Waals surface area contributed by atoms with Crippen LogP contribution in [0.3, 0.4) is 0 Å². The van der Waals surface area contributed by atoms with Crippen molar-refractivity contribution in [1.82, 2.24) is 0 Å². The fourth-order valence-corrected chi connectivity index (χ4v) is 1.41. The van der Waals surface area contributed by atoms with E-state index in [0.29, 0.717) is 0 Å². The Labute approximate surface area is 98.3 Å². The highest BCUT2D eigenvalue weighted by Gasteiger charge is 2.20. The summed E-state index contributed by atoms with van der Waals surface area (Å²) in [5, 5.41) is 0. The summed E-state index contributed by atoms with van der Waals surface area (Å²) in [5.74, 6) is -1.52. The number of benzene rings is 1. The number of carbonyl (C=O) groups is 3. The molecular weight excluding hydrogens is 224 g/mol. The number of methoxy groups -OCH3 is 1. The molecule has 0 amide bonds. The summed E-state index contributed by atoms with van der Waals surface area (Å²) >= 11 is 0. The number of ketones is 1. The van der Waals surface area contributed by atoms with Crippen LogP contribution >= 0.6 is 0 Å². The third-order valence-electron chi connectivity index (χ3n) is 2.04. The van der Waals surface area contributed by atoms with Gasteiger partial charge in [0.1, 0.15) is 5.75 Å². The van der Waals surface area contributed by atoms with Gasteiger partial charge in [-0.25, -0.2) is 4.79 Å². The number of rotatable bonds is 3. The monoisotopic (exact) mass is 236 g/mol. The zero-order valence-electron chi connectivity index (χ0n) is 9.77. The van der Waals surface area contributed by atoms with Gasteiger partial charge in [0.2, 0.25) is 0 Å². The maximum atomic E-state index is 11.5. The lowest BCUT2D eigenvalue weighted by atomic mass is 10.0. The predicted molar refractivity (Wildman–Crippen MR) is 59.1 cm³/mol. The first-order valence-electron chi connectivity index (χ1n) is 4.88. The van der Waals surface area contributed by atoms with Crippen molar-refractivity contribution >= 4 is 17.7 Å². The Morgan fingerprint density at radius 3 is 2.24 bits per heavy atom. The molecule has 1 rings (SSSR count). The minimum absolute atomic E-state index is 0.0505. The molecule has 0 atom stereocenters. The standard InChI is InChI=1S/C12H12O5/c1-7(13)11-9(12(15)16-3)5-4-6-10(11)17-8(2)14/h4-6H,1-3H3. The van der Waals surface area contributed by atoms with Crippen LogP contribution in [0.2, 0.25) is 0 Å². The first kappa shape index (κ1) is 12.9. The van der Waals surface area contributed by atoms with Gasteiger partial charge in [-0.15, -0.1) is 0 Å². The van der Waals surface area contributed by atoms with E-state index in [1.54, 1.807) is 0 Å². The molecule has 0 unspecified atom stereocenters. The van der Waals surface area contributed by atoms with E-state index in [4.69, 9.17) is 4.74 Å². The van der Waals surface area contributed by atoms with Crippen molar-refractivity contribution in [3.8, 4) is 5.75 Å². The largest absolute Gasteiger partial charge is 0.465 e. The summed E-state index contributed by atoms with van der Waals surface area (Å²) in [6.45, 7) is 2.50. The summed E-state index contributed by atoms with van der Waals surface area (Å²) in [7, 11) is 1.21. The quantitative estimate of drug-likeness (QED) is 0.453. The number of hydrogen-bond acceptors (Lipinski definition) is 5. The Morgan fingerprint density at radius 2 is 1.76 bits per heavy atom. The molecule has 1 aromatic carbocycles. The van der Waals surface area contributed by atoms with Crippen LogP contribution < -0.4 is 4.74 Å². The Balaban J connectivity index is 3.36. The summed E-state index contributed by atoms with van der Waals surface area (Å²) in [5.41, 5.74) is 0.133. The van der Waals surface area contributed by atoms with E-state index in [1.807, 2.05) is 0 Å². The lowest BCUT2D eigenvalue weighted by Crippen LogP contribution is -2.12. The van der Waals surface area contributed by atoms with E-state index in [-0.39, 0.29) is 22.7 Å². The van der Waals surface area contributed by atoms with Crippen LogP contribution in [-0.4, -0.2) is 24.8 Å². The van der Waals surface area contributed by atoms with Crippen molar-refractivity contribution in [3.63, 3.8) is 0 Å². The summed E-state index contributed by atoms with van der Waals surface area (Å²) in [6, 6.07) is 4.40. The minimum atomic E-state index is -0.649. The zero-order chi connectivity index (χ0) is 13.0. The molecule has 0 aliphatic rings. The molecule has 0 fully saturated rings. The van der Waals surface area contributed by atoms with Gasteiger partial charge in [-0.2, -0.15) is 0 Å². The van der Waals surface area contributed by atoms with Crippen LogP contribution in [0.25, 0.3) is 0 Å². The maximum absolute atomic E-state index is 11.5. The molecule has 0 aromatic heterocycles. The van der Waals surface area contributed by atoms with E-state index < -0.39 is 11.9 Å². The number of Topliss-reactive ketones (excluding diaryl/α,β-unsaturated/α-hetero) is 1. The van der Waals surface area contributed by atoms with Gasteiger partial charge in [-0.1, -0.05) is 6.07 Å². The first-order chi connectivity index (χ1) is 7.97. The first-order valence-corrected chi connectivity index (χ1v) is 4.88. The van der Waals surface area contributed by atoms with Crippen LogP contribution in [0.15, 0.2) is 18.2 Å². The molecule has 0 saturated carbocycles. The second kappa shape index (κ2) is 5.25. The third-order valence-corrected chi connectivity index (χ3v) is 2.04. The Hall–Kier alpha value is -2.17. The van der Waals surface area contributed by atoms with Gasteiger partial charge in [0.15, 0.2) is 5.78 Å². The molecule has 90 valence electrons. The molecule has 0 N–H and O–H groups in total. The molecule has 1 aromatic rings. The average Bonchev–Trinajstić information content (AvgIpc) is 2.26. The van der Waals surface area contributed by atoms with Crippen molar-refractivity contribution < 1.29 is 23.9 Å². The van der Waals surface area contributed by atoms with Crippen molar-refractivity contribution in [3.05, 3.63) is 29.3 Å². The third kappa shape index (κ3) is 2.90. The highest BCUT2D eigenvalue weighted by molar-refractivity contribution is 6.07. The lowest BCUT2D eigenvalue weighted by Gasteiger charge is -2.10. The van der Waals surface area contributed by atoms with Crippen LogP contribution in [0.1, 0.15) is 34.6 Å². The van der Waals surface area contributed by atoms with Crippen LogP contribution in [-0.2, 0) is 9.53 Å². The molecule has 0 heterocycles. The molecule has 0 spiro atoms. The molecule has 0 aliphatic carbocycles. The number of esters is 2. The smallest absolute Gasteiger partial charge is 0.338 e. The average molecular weight is 236 g/mol. The molecular formula is C12H12O5. The highest BCUT2D eigenvalue weighted by atomic mass is 16.5. The van der Waals surface area contributed by atoms with Crippen LogP contribution in [0.4, 0.5) is 0 Å². The van der Waals surface area contributed by atoms with Crippen molar-refractivity contribution in [2.75, 3.05) is 7.11 Å². The maximum Gasteiger partial charge on any atom is 0.338 e. The highest BCUT2D eigenvalue weighted by Crippen LogP contribution is 2.24. The molecule has 5 heteroatoms. The van der Waals surface area contributed by atoms with Gasteiger partial charge in [-0.3, -0.25) is 9.59 Å². The fourth-order valence-electron chi connectivity index (χ4n) is 1.41. The van der Waals surface area contributed by atoms with E-state index >= 15 is 0 Å². The lowest BCUT2D eigenvalue weighted by molar-refractivity contribution is -0.131. The Morgan fingerprint density at radius 1 is 1.12 bits per heavy atom. The van der Waals surface area contributed by atoms with E-state index in [9.17, 15) is 14.4 Å². The SMILES string of the molecule is COC(=O)c1cccc(OC(C)=O)c1C(C)=O. The normalized spacial score (nSPS) is 9.59. The van der Waals surface area contributed by atoms with Gasteiger partial charge in [0.05, 0.1) is 18.2 Å². The van der Waals surface area contributed by atoms with Crippen LogP contribution in [0.5, 0.6) is 5.75 Å². The molecule has 0 radical (unpaired) electrons. The second-order valence-corrected chi connectivity index (χ2v) is 3.32. The summed E-state index contributed by atoms with van der Waals surface area (Å²) in [4.78, 5) is 33.8. The summed E-state index contributed by atoms with van der Waals surface area (Å²) in [6.07, 6.45) is 0. The van der Waals surface area contributed by atoms with Gasteiger partial charge >= 0.3 is 11.9 Å². The van der Waals surface area contributed by atoms with Crippen molar-refractivity contribution in [2.45, 2.75) is 13.8 Å². The zero-order valence-corrected chi connectivity index (χ0v) is 9.77. The Bertz CT molecular complexity index is 476. The topological polar surface area (TPSA) is 69.7 Å². The number of ether oxygens (including phenoxy) is 2. The summed E-state index contributed by atoms with van der Waals surface area (Å²) < 4.78 is 9.43. The second-order valence-electron chi connectivity index (χ2n) is 3.32. The Kier molecular flexibility index (Phi) is 3.98. The minimum Gasteiger partial charge on any atom is -0.465 e. The molecule has 5 nitrogen and oxygen atoms in total. The molecule has 0 bridgehead atoms. The molecule has 17 heavy (non-hydrogen) atoms. The molecule has 0 aliphatic heterocycles. The van der Waals surface area contributed by atoms with Crippen molar-refractivity contribution in [1.29, 1.82) is 0 Å². The number of carbonyl (C=O) groups excluding carboxylic acids is 3. The number of hydrogen-bond donors (Lipinski definition) is 0. The fraction of sp³-hybridized carbons (Fsp3) is 0.250. The van der Waals surface area contributed by atoms with E-state index in [1.165, 1.54) is 39.2 Å². The van der Waals surface area contributed by atoms with Gasteiger partial charge in [0, 0.05) is 6.92 Å². The molecule has 0 saturated heterocycles. The van der Waals surface area contributed by atoms with Gasteiger partial charge in [0.25, 0.3) is 0 Å². The van der Waals surface area contributed by atoms with Crippen LogP contribution in [0, 0.1) is 0 Å².